The molecule has 0 aliphatic carbocycles. The smallest absolute Gasteiger partial charge is 0.334 e. The summed E-state index contributed by atoms with van der Waals surface area (Å²) in [5.41, 5.74) is -0.359. The summed E-state index contributed by atoms with van der Waals surface area (Å²) < 4.78 is 4.79. The lowest BCUT2D eigenvalue weighted by Gasteiger charge is -2.35. The van der Waals surface area contributed by atoms with E-state index in [1.54, 1.807) is 0 Å². The van der Waals surface area contributed by atoms with Gasteiger partial charge in [0.2, 0.25) is 5.91 Å². The number of hydrogen-bond acceptors (Lipinski definition) is 4. The van der Waals surface area contributed by atoms with Gasteiger partial charge in [0.05, 0.1) is 12.0 Å². The maximum Gasteiger partial charge on any atom is 0.334 e. The molecule has 1 aliphatic rings. The lowest BCUT2D eigenvalue weighted by Crippen LogP contribution is -2.49. The average Bonchev–Trinajstić information content (AvgIpc) is 2.39. The third-order valence-electron chi connectivity index (χ3n) is 3.73. The molecular weight excluding hydrogens is 236 g/mol. The van der Waals surface area contributed by atoms with Crippen molar-refractivity contribution in [3.63, 3.8) is 0 Å². The van der Waals surface area contributed by atoms with Crippen LogP contribution in [0.4, 0.5) is 0 Å². The van der Waals surface area contributed by atoms with E-state index in [0.29, 0.717) is 0 Å². The van der Waals surface area contributed by atoms with Gasteiger partial charge in [-0.1, -0.05) is 6.92 Å². The molecule has 1 fully saturated rings. The van der Waals surface area contributed by atoms with Crippen molar-refractivity contribution in [2.45, 2.75) is 32.3 Å². The monoisotopic (exact) mass is 258 g/mol. The summed E-state index contributed by atoms with van der Waals surface area (Å²) in [6.45, 7) is 3.66. The fourth-order valence-electron chi connectivity index (χ4n) is 2.29. The summed E-state index contributed by atoms with van der Waals surface area (Å²) in [7, 11) is 1.32. The topological polar surface area (TPSA) is 87.7 Å². The van der Waals surface area contributed by atoms with E-state index < -0.39 is 12.1 Å². The zero-order valence-electron chi connectivity index (χ0n) is 11.0. The van der Waals surface area contributed by atoms with Gasteiger partial charge in [-0.3, -0.25) is 4.79 Å². The number of amides is 1. The minimum Gasteiger partial charge on any atom is -0.479 e. The number of carbonyl (C=O) groups is 2. The first-order valence-corrected chi connectivity index (χ1v) is 6.30. The number of hydrogen-bond donors (Lipinski definition) is 3. The second kappa shape index (κ2) is 6.70. The molecule has 18 heavy (non-hydrogen) atoms. The molecule has 0 aromatic heterocycles. The van der Waals surface area contributed by atoms with Crippen LogP contribution in [0.3, 0.4) is 0 Å². The second-order valence-electron chi connectivity index (χ2n) is 4.66. The summed E-state index contributed by atoms with van der Waals surface area (Å²) in [5.74, 6) is -1.12. The molecule has 0 saturated carbocycles. The van der Waals surface area contributed by atoms with E-state index >= 15 is 0 Å². The van der Waals surface area contributed by atoms with Gasteiger partial charge < -0.3 is 20.5 Å². The Kier molecular flexibility index (Phi) is 5.55. The van der Waals surface area contributed by atoms with Gasteiger partial charge in [-0.05, 0) is 32.4 Å². The summed E-state index contributed by atoms with van der Waals surface area (Å²) >= 11 is 0. The van der Waals surface area contributed by atoms with Gasteiger partial charge in [-0.15, -0.1) is 0 Å². The quantitative estimate of drug-likeness (QED) is 0.623. The van der Waals surface area contributed by atoms with Crippen LogP contribution in [-0.2, 0) is 14.3 Å². The van der Waals surface area contributed by atoms with E-state index in [0.717, 1.165) is 32.4 Å². The number of carboxylic acid groups (broad SMARTS) is 1. The van der Waals surface area contributed by atoms with Crippen LogP contribution in [0.15, 0.2) is 0 Å². The van der Waals surface area contributed by atoms with Crippen molar-refractivity contribution in [2.24, 2.45) is 5.41 Å². The van der Waals surface area contributed by atoms with Crippen molar-refractivity contribution in [1.82, 2.24) is 10.6 Å². The maximum atomic E-state index is 12.2. The molecule has 1 saturated heterocycles. The van der Waals surface area contributed by atoms with E-state index in [-0.39, 0.29) is 17.9 Å². The van der Waals surface area contributed by atoms with E-state index in [1.165, 1.54) is 7.11 Å². The van der Waals surface area contributed by atoms with Crippen molar-refractivity contribution in [2.75, 3.05) is 26.7 Å². The number of rotatable bonds is 6. The van der Waals surface area contributed by atoms with Crippen molar-refractivity contribution in [3.8, 4) is 0 Å². The number of aliphatic carboxylic acids is 1. The number of nitrogens with one attached hydrogen (secondary N) is 2. The van der Waals surface area contributed by atoms with E-state index in [2.05, 4.69) is 10.6 Å². The highest BCUT2D eigenvalue weighted by Gasteiger charge is 2.37. The number of carboxylic acids is 1. The van der Waals surface area contributed by atoms with Crippen molar-refractivity contribution in [3.05, 3.63) is 0 Å². The zero-order valence-corrected chi connectivity index (χ0v) is 11.0. The van der Waals surface area contributed by atoms with Gasteiger partial charge >= 0.3 is 5.97 Å². The largest absolute Gasteiger partial charge is 0.479 e. The highest BCUT2D eigenvalue weighted by molar-refractivity contribution is 5.83. The molecule has 0 radical (unpaired) electrons. The van der Waals surface area contributed by atoms with Gasteiger partial charge in [0.15, 0.2) is 6.10 Å². The molecule has 0 bridgehead atoms. The third kappa shape index (κ3) is 3.43. The first-order chi connectivity index (χ1) is 8.55. The normalized spacial score (nSPS) is 20.1. The predicted octanol–water partition coefficient (Wildman–Crippen LogP) is -0.0180. The molecule has 0 aromatic carbocycles. The van der Waals surface area contributed by atoms with Crippen LogP contribution < -0.4 is 10.6 Å². The summed E-state index contributed by atoms with van der Waals surface area (Å²) in [4.78, 5) is 23.0. The summed E-state index contributed by atoms with van der Waals surface area (Å²) in [6.07, 6.45) is 1.37. The molecule has 1 atom stereocenters. The van der Waals surface area contributed by atoms with Crippen LogP contribution in [0.25, 0.3) is 0 Å². The van der Waals surface area contributed by atoms with Crippen LogP contribution in [-0.4, -0.2) is 49.8 Å². The summed E-state index contributed by atoms with van der Waals surface area (Å²) in [5, 5.41) is 14.8. The van der Waals surface area contributed by atoms with Crippen LogP contribution >= 0.6 is 0 Å². The fraction of sp³-hybridized carbons (Fsp3) is 0.833. The molecule has 104 valence electrons. The van der Waals surface area contributed by atoms with E-state index in [4.69, 9.17) is 9.84 Å². The lowest BCUT2D eigenvalue weighted by molar-refractivity contribution is -0.148. The lowest BCUT2D eigenvalue weighted by atomic mass is 9.76. The second-order valence-corrected chi connectivity index (χ2v) is 4.66. The molecule has 6 nitrogen and oxygen atoms in total. The van der Waals surface area contributed by atoms with Crippen LogP contribution in [0.1, 0.15) is 26.2 Å². The molecule has 1 heterocycles. The van der Waals surface area contributed by atoms with Crippen LogP contribution in [0.2, 0.25) is 0 Å². The fourth-order valence-corrected chi connectivity index (χ4v) is 2.29. The molecule has 1 rings (SSSR count). The standard InChI is InChI=1S/C12H22N2O4/c1-3-12(4-6-13-7-5-12)11(17)14-8-9(18-2)10(15)16/h9,13H,3-8H2,1-2H3,(H,14,17)(H,15,16). The van der Waals surface area contributed by atoms with Gasteiger partial charge in [-0.2, -0.15) is 0 Å². The molecule has 1 aliphatic heterocycles. The minimum atomic E-state index is -1.06. The number of carbonyl (C=O) groups excluding carboxylic acids is 1. The molecular formula is C12H22N2O4. The Morgan fingerprint density at radius 3 is 2.50 bits per heavy atom. The predicted molar refractivity (Wildman–Crippen MR) is 66.3 cm³/mol. The molecule has 0 spiro atoms. The Labute approximate surface area is 107 Å². The Hall–Kier alpha value is -1.14. The molecule has 1 amide bonds. The number of methoxy groups -OCH3 is 1. The van der Waals surface area contributed by atoms with Gasteiger partial charge in [0.1, 0.15) is 0 Å². The Balaban J connectivity index is 2.54. The van der Waals surface area contributed by atoms with Crippen molar-refractivity contribution in [1.29, 1.82) is 0 Å². The zero-order chi connectivity index (χ0) is 13.6. The Bertz CT molecular complexity index is 300. The Morgan fingerprint density at radius 2 is 2.06 bits per heavy atom. The molecule has 3 N–H and O–H groups in total. The Morgan fingerprint density at radius 1 is 1.44 bits per heavy atom. The first-order valence-electron chi connectivity index (χ1n) is 6.30. The highest BCUT2D eigenvalue weighted by Crippen LogP contribution is 2.32. The van der Waals surface area contributed by atoms with E-state index in [9.17, 15) is 9.59 Å². The SMILES string of the molecule is CCC1(C(=O)NCC(OC)C(=O)O)CCNCC1. The summed E-state index contributed by atoms with van der Waals surface area (Å²) in [6, 6.07) is 0. The number of piperidine rings is 1. The molecule has 0 aromatic rings. The van der Waals surface area contributed by atoms with Gasteiger partial charge in [0.25, 0.3) is 0 Å². The van der Waals surface area contributed by atoms with Gasteiger partial charge in [0, 0.05) is 7.11 Å². The number of ether oxygens (including phenoxy) is 1. The van der Waals surface area contributed by atoms with Crippen LogP contribution in [0, 0.1) is 5.41 Å². The highest BCUT2D eigenvalue weighted by atomic mass is 16.5. The van der Waals surface area contributed by atoms with Gasteiger partial charge in [-0.25, -0.2) is 4.79 Å². The first kappa shape index (κ1) is 14.9. The van der Waals surface area contributed by atoms with Crippen molar-refractivity contribution >= 4 is 11.9 Å². The van der Waals surface area contributed by atoms with Crippen LogP contribution in [0.5, 0.6) is 0 Å². The maximum absolute atomic E-state index is 12.2. The van der Waals surface area contributed by atoms with Crippen molar-refractivity contribution < 1.29 is 19.4 Å². The molecule has 6 heteroatoms. The third-order valence-corrected chi connectivity index (χ3v) is 3.73. The molecule has 1 unspecified atom stereocenters. The van der Waals surface area contributed by atoms with E-state index in [1.807, 2.05) is 6.92 Å². The minimum absolute atomic E-state index is 0.0137. The average molecular weight is 258 g/mol.